The number of nitrogens with one attached hydrogen (secondary N) is 2. The van der Waals surface area contributed by atoms with Crippen LogP contribution in [0.2, 0.25) is 0 Å². The summed E-state index contributed by atoms with van der Waals surface area (Å²) in [6, 6.07) is 7.92. The van der Waals surface area contributed by atoms with Crippen LogP contribution >= 0.6 is 11.3 Å². The zero-order valence-electron chi connectivity index (χ0n) is 13.8. The zero-order chi connectivity index (χ0) is 16.9. The van der Waals surface area contributed by atoms with Crippen molar-refractivity contribution < 1.29 is 4.79 Å². The summed E-state index contributed by atoms with van der Waals surface area (Å²) < 4.78 is 0. The molecule has 122 valence electrons. The molecule has 4 nitrogen and oxygen atoms in total. The lowest BCUT2D eigenvalue weighted by atomic mass is 9.92. The average molecular weight is 329 g/mol. The van der Waals surface area contributed by atoms with E-state index in [4.69, 9.17) is 0 Å². The normalized spacial score (nSPS) is 11.1. The number of amides is 2. The molecule has 0 unspecified atom stereocenters. The summed E-state index contributed by atoms with van der Waals surface area (Å²) in [6.45, 7) is 10.5. The van der Waals surface area contributed by atoms with Crippen LogP contribution in [-0.4, -0.2) is 17.6 Å². The number of carbonyl (C=O) groups is 1. The van der Waals surface area contributed by atoms with E-state index in [1.165, 1.54) is 0 Å². The molecule has 2 N–H and O–H groups in total. The van der Waals surface area contributed by atoms with Gasteiger partial charge in [0, 0.05) is 18.3 Å². The molecule has 2 aromatic rings. The molecule has 2 rings (SSSR count). The van der Waals surface area contributed by atoms with Crippen LogP contribution in [0.3, 0.4) is 0 Å². The van der Waals surface area contributed by atoms with Crippen molar-refractivity contribution in [2.24, 2.45) is 0 Å². The van der Waals surface area contributed by atoms with Crippen LogP contribution in [0.15, 0.2) is 41.7 Å². The third-order valence-corrected chi connectivity index (χ3v) is 4.29. The van der Waals surface area contributed by atoms with Crippen LogP contribution in [0.1, 0.15) is 37.6 Å². The van der Waals surface area contributed by atoms with E-state index < -0.39 is 5.54 Å². The zero-order valence-corrected chi connectivity index (χ0v) is 14.7. The quantitative estimate of drug-likeness (QED) is 0.843. The van der Waals surface area contributed by atoms with Gasteiger partial charge >= 0.3 is 6.03 Å². The molecule has 1 aromatic heterocycles. The molecule has 0 saturated heterocycles. The van der Waals surface area contributed by atoms with Gasteiger partial charge in [0.1, 0.15) is 0 Å². The summed E-state index contributed by atoms with van der Waals surface area (Å²) in [4.78, 5) is 16.3. The van der Waals surface area contributed by atoms with E-state index in [2.05, 4.69) is 28.3 Å². The lowest BCUT2D eigenvalue weighted by Gasteiger charge is -2.27. The maximum absolute atomic E-state index is 12.1. The fraction of sp³-hybridized carbons (Fsp3) is 0.333. The van der Waals surface area contributed by atoms with Crippen LogP contribution in [0.25, 0.3) is 5.57 Å². The highest BCUT2D eigenvalue weighted by Crippen LogP contribution is 2.23. The summed E-state index contributed by atoms with van der Waals surface area (Å²) in [6.07, 6.45) is 0.739. The van der Waals surface area contributed by atoms with Gasteiger partial charge in [-0.05, 0) is 38.0 Å². The lowest BCUT2D eigenvalue weighted by molar-refractivity contribution is 0.230. The molecule has 2 amide bonds. The number of hydrogen-bond donors (Lipinski definition) is 2. The molecule has 0 aliphatic heterocycles. The van der Waals surface area contributed by atoms with E-state index in [0.29, 0.717) is 6.54 Å². The topological polar surface area (TPSA) is 54.0 Å². The van der Waals surface area contributed by atoms with Crippen molar-refractivity contribution in [3.05, 3.63) is 58.6 Å². The standard InChI is InChI=1S/C18H23N3OS/c1-13(2)14-6-5-7-15(10-14)18(3,4)21-17(22)19-9-8-16-11-23-12-20-16/h5-7,10-12H,1,8-9H2,2-4H3,(H2,19,21,22). The number of carbonyl (C=O) groups excluding carboxylic acids is 1. The summed E-state index contributed by atoms with van der Waals surface area (Å²) in [5, 5.41) is 7.90. The Bertz CT molecular complexity index is 677. The molecule has 1 heterocycles. The molecule has 5 heteroatoms. The highest BCUT2D eigenvalue weighted by molar-refractivity contribution is 7.07. The second-order valence-corrected chi connectivity index (χ2v) is 6.82. The minimum atomic E-state index is -0.462. The van der Waals surface area contributed by atoms with Gasteiger partial charge in [0.25, 0.3) is 0 Å². The Hall–Kier alpha value is -2.14. The van der Waals surface area contributed by atoms with Crippen molar-refractivity contribution in [1.29, 1.82) is 0 Å². The van der Waals surface area contributed by atoms with Gasteiger partial charge in [-0.3, -0.25) is 0 Å². The summed E-state index contributed by atoms with van der Waals surface area (Å²) in [7, 11) is 0. The Kier molecular flexibility index (Phi) is 5.55. The van der Waals surface area contributed by atoms with Crippen molar-refractivity contribution in [2.75, 3.05) is 6.54 Å². The Labute approximate surface area is 141 Å². The Morgan fingerprint density at radius 1 is 1.39 bits per heavy atom. The summed E-state index contributed by atoms with van der Waals surface area (Å²) in [5.41, 5.74) is 5.48. The maximum Gasteiger partial charge on any atom is 0.315 e. The number of nitrogens with zero attached hydrogens (tertiary/aromatic N) is 1. The van der Waals surface area contributed by atoms with E-state index in [1.807, 2.05) is 44.4 Å². The fourth-order valence-electron chi connectivity index (χ4n) is 2.24. The Balaban J connectivity index is 1.92. The van der Waals surface area contributed by atoms with E-state index in [-0.39, 0.29) is 6.03 Å². The number of aromatic nitrogens is 1. The second kappa shape index (κ2) is 7.42. The Morgan fingerprint density at radius 2 is 2.17 bits per heavy atom. The van der Waals surface area contributed by atoms with Crippen LogP contribution in [0, 0.1) is 0 Å². The summed E-state index contributed by atoms with van der Waals surface area (Å²) >= 11 is 1.56. The van der Waals surface area contributed by atoms with Gasteiger partial charge in [0.15, 0.2) is 0 Å². The lowest BCUT2D eigenvalue weighted by Crippen LogP contribution is -2.46. The molecular formula is C18H23N3OS. The van der Waals surface area contributed by atoms with Gasteiger partial charge in [-0.1, -0.05) is 30.4 Å². The van der Waals surface area contributed by atoms with Crippen molar-refractivity contribution in [3.63, 3.8) is 0 Å². The minimum Gasteiger partial charge on any atom is -0.338 e. The molecule has 0 spiro atoms. The molecule has 23 heavy (non-hydrogen) atoms. The monoisotopic (exact) mass is 329 g/mol. The van der Waals surface area contributed by atoms with E-state index in [9.17, 15) is 4.79 Å². The summed E-state index contributed by atoms with van der Waals surface area (Å²) in [5.74, 6) is 0. The van der Waals surface area contributed by atoms with Crippen LogP contribution in [0.4, 0.5) is 4.79 Å². The van der Waals surface area contributed by atoms with Crippen molar-refractivity contribution >= 4 is 22.9 Å². The molecular weight excluding hydrogens is 306 g/mol. The van der Waals surface area contributed by atoms with Crippen molar-refractivity contribution in [2.45, 2.75) is 32.7 Å². The first-order valence-electron chi connectivity index (χ1n) is 7.58. The third kappa shape index (κ3) is 4.93. The highest BCUT2D eigenvalue weighted by Gasteiger charge is 2.23. The van der Waals surface area contributed by atoms with Crippen LogP contribution in [-0.2, 0) is 12.0 Å². The largest absolute Gasteiger partial charge is 0.338 e. The number of thiazole rings is 1. The number of benzene rings is 1. The first-order valence-corrected chi connectivity index (χ1v) is 8.52. The maximum atomic E-state index is 12.1. The Morgan fingerprint density at radius 3 is 2.83 bits per heavy atom. The smallest absolute Gasteiger partial charge is 0.315 e. The van der Waals surface area contributed by atoms with Gasteiger partial charge in [-0.2, -0.15) is 0 Å². The average Bonchev–Trinajstić information content (AvgIpc) is 3.00. The predicted molar refractivity (Wildman–Crippen MR) is 96.5 cm³/mol. The molecule has 0 radical (unpaired) electrons. The van der Waals surface area contributed by atoms with E-state index >= 15 is 0 Å². The number of rotatable bonds is 6. The molecule has 0 bridgehead atoms. The van der Waals surface area contributed by atoms with E-state index in [1.54, 1.807) is 16.8 Å². The minimum absolute atomic E-state index is 0.175. The van der Waals surface area contributed by atoms with Gasteiger partial charge in [0.2, 0.25) is 0 Å². The van der Waals surface area contributed by atoms with Gasteiger partial charge < -0.3 is 10.6 Å². The molecule has 0 aliphatic carbocycles. The third-order valence-electron chi connectivity index (χ3n) is 3.65. The molecule has 0 saturated carbocycles. The van der Waals surface area contributed by atoms with Gasteiger partial charge in [0.05, 0.1) is 16.7 Å². The van der Waals surface area contributed by atoms with Crippen molar-refractivity contribution in [1.82, 2.24) is 15.6 Å². The van der Waals surface area contributed by atoms with Crippen LogP contribution in [0.5, 0.6) is 0 Å². The van der Waals surface area contributed by atoms with Crippen molar-refractivity contribution in [3.8, 4) is 0 Å². The SMILES string of the molecule is C=C(C)c1cccc(C(C)(C)NC(=O)NCCc2cscn2)c1. The number of hydrogen-bond acceptors (Lipinski definition) is 3. The number of allylic oxidation sites excluding steroid dienone is 1. The molecule has 0 fully saturated rings. The predicted octanol–water partition coefficient (Wildman–Crippen LogP) is 3.95. The molecule has 1 aromatic carbocycles. The molecule has 0 atom stereocenters. The highest BCUT2D eigenvalue weighted by atomic mass is 32.1. The van der Waals surface area contributed by atoms with Gasteiger partial charge in [-0.15, -0.1) is 11.3 Å². The first kappa shape index (κ1) is 17.2. The first-order chi connectivity index (χ1) is 10.9. The van der Waals surface area contributed by atoms with E-state index in [0.717, 1.165) is 28.8 Å². The second-order valence-electron chi connectivity index (χ2n) is 6.10. The van der Waals surface area contributed by atoms with Gasteiger partial charge in [-0.25, -0.2) is 9.78 Å². The number of urea groups is 1. The van der Waals surface area contributed by atoms with Crippen LogP contribution < -0.4 is 10.6 Å². The fourth-order valence-corrected chi connectivity index (χ4v) is 2.83. The molecule has 0 aliphatic rings.